The van der Waals surface area contributed by atoms with Crippen LogP contribution >= 0.6 is 0 Å². The third kappa shape index (κ3) is 6.93. The number of aromatic nitrogens is 1. The normalized spacial score (nSPS) is 9.77. The number of carbonyl (C=O) groups excluding carboxylic acids is 1. The van der Waals surface area contributed by atoms with Gasteiger partial charge in [-0.3, -0.25) is 4.79 Å². The molecule has 0 atom stereocenters. The summed E-state index contributed by atoms with van der Waals surface area (Å²) < 4.78 is 24.5. The van der Waals surface area contributed by atoms with E-state index in [-0.39, 0.29) is 24.6 Å². The zero-order valence-corrected chi connectivity index (χ0v) is 17.9. The number of rotatable bonds is 7. The predicted molar refractivity (Wildman–Crippen MR) is 117 cm³/mol. The molecule has 31 heavy (non-hydrogen) atoms. The Bertz CT molecular complexity index is 1040. The lowest BCUT2D eigenvalue weighted by molar-refractivity contribution is -0.142. The Balaban J connectivity index is 0.00000166. The molecule has 5 nitrogen and oxygen atoms in total. The molecule has 0 N–H and O–H groups in total. The van der Waals surface area contributed by atoms with Crippen molar-refractivity contribution in [2.45, 2.75) is 33.8 Å². The summed E-state index contributed by atoms with van der Waals surface area (Å²) in [6.07, 6.45) is 0.223. The first-order valence-electron chi connectivity index (χ1n) is 10.1. The molecule has 2 aromatic carbocycles. The Kier molecular flexibility index (Phi) is 9.18. The fourth-order valence-corrected chi connectivity index (χ4v) is 2.71. The summed E-state index contributed by atoms with van der Waals surface area (Å²) in [6, 6.07) is 19.0. The number of nitrogens with zero attached hydrogens (tertiary/aromatic N) is 2. The van der Waals surface area contributed by atoms with Crippen molar-refractivity contribution in [2.75, 3.05) is 6.61 Å². The van der Waals surface area contributed by atoms with Gasteiger partial charge < -0.3 is 9.47 Å². The summed E-state index contributed by atoms with van der Waals surface area (Å²) in [7, 11) is 0. The van der Waals surface area contributed by atoms with Crippen LogP contribution in [0.4, 0.5) is 4.39 Å². The van der Waals surface area contributed by atoms with E-state index in [0.29, 0.717) is 23.7 Å². The van der Waals surface area contributed by atoms with Gasteiger partial charge in [0.1, 0.15) is 12.4 Å². The molecule has 0 amide bonds. The summed E-state index contributed by atoms with van der Waals surface area (Å²) in [5.41, 5.74) is 3.03. The summed E-state index contributed by atoms with van der Waals surface area (Å²) in [5, 5.41) is 8.80. The van der Waals surface area contributed by atoms with Gasteiger partial charge in [-0.05, 0) is 30.7 Å². The van der Waals surface area contributed by atoms with E-state index in [1.165, 1.54) is 12.1 Å². The van der Waals surface area contributed by atoms with Crippen LogP contribution in [0.15, 0.2) is 60.7 Å². The predicted octanol–water partition coefficient (Wildman–Crippen LogP) is 5.47. The highest BCUT2D eigenvalue weighted by Gasteiger charge is 2.08. The fraction of sp³-hybridized carbons (Fsp3) is 0.240. The number of esters is 1. The lowest BCUT2D eigenvalue weighted by Gasteiger charge is -2.09. The molecular formula is C25H25FN2O3. The first-order valence-corrected chi connectivity index (χ1v) is 10.1. The Morgan fingerprint density at radius 1 is 1.10 bits per heavy atom. The maximum atomic E-state index is 14.0. The molecular weight excluding hydrogens is 395 g/mol. The number of hydrogen-bond acceptors (Lipinski definition) is 5. The maximum Gasteiger partial charge on any atom is 0.310 e. The van der Waals surface area contributed by atoms with Gasteiger partial charge in [-0.15, -0.1) is 0 Å². The van der Waals surface area contributed by atoms with Crippen molar-refractivity contribution in [1.82, 2.24) is 4.98 Å². The number of halogens is 1. The lowest BCUT2D eigenvalue weighted by Crippen LogP contribution is -2.07. The van der Waals surface area contributed by atoms with Gasteiger partial charge in [-0.1, -0.05) is 50.2 Å². The minimum Gasteiger partial charge on any atom is -0.473 e. The summed E-state index contributed by atoms with van der Waals surface area (Å²) >= 11 is 0. The van der Waals surface area contributed by atoms with Crippen molar-refractivity contribution in [3.8, 4) is 23.2 Å². The highest BCUT2D eigenvalue weighted by molar-refractivity contribution is 5.73. The second-order valence-corrected chi connectivity index (χ2v) is 6.25. The SMILES string of the molecule is CC.CCOC(=O)Cc1ccc(-c2cccc(OCc3ccc(C#N)cc3F)n2)cc1. The first-order chi connectivity index (χ1) is 15.1. The number of pyridine rings is 1. The van der Waals surface area contributed by atoms with Crippen molar-refractivity contribution in [2.24, 2.45) is 0 Å². The third-order valence-electron chi connectivity index (χ3n) is 4.18. The molecule has 1 aromatic heterocycles. The minimum absolute atomic E-state index is 0.00642. The van der Waals surface area contributed by atoms with E-state index in [2.05, 4.69) is 4.98 Å². The Hall–Kier alpha value is -3.72. The minimum atomic E-state index is -0.489. The molecule has 0 bridgehead atoms. The molecule has 3 aromatic rings. The average Bonchev–Trinajstić information content (AvgIpc) is 2.80. The van der Waals surface area contributed by atoms with Gasteiger partial charge in [0.15, 0.2) is 0 Å². The van der Waals surface area contributed by atoms with Crippen LogP contribution < -0.4 is 4.74 Å². The molecule has 6 heteroatoms. The van der Waals surface area contributed by atoms with Crippen molar-refractivity contribution in [1.29, 1.82) is 5.26 Å². The summed E-state index contributed by atoms with van der Waals surface area (Å²) in [5.74, 6) is -0.386. The number of ether oxygens (including phenoxy) is 2. The van der Waals surface area contributed by atoms with E-state index < -0.39 is 5.82 Å². The topological polar surface area (TPSA) is 72.2 Å². The Morgan fingerprint density at radius 2 is 1.84 bits per heavy atom. The van der Waals surface area contributed by atoms with E-state index in [1.54, 1.807) is 25.1 Å². The van der Waals surface area contributed by atoms with Gasteiger partial charge in [0.05, 0.1) is 30.4 Å². The standard InChI is InChI=1S/C23H19FN2O3.C2H6/c1-2-28-23(27)13-16-6-9-18(10-7-16)21-4-3-5-22(26-21)29-15-19-11-8-17(14-25)12-20(19)24;1-2/h3-12H,2,13,15H2,1H3;1-2H3. The molecule has 160 valence electrons. The molecule has 0 fully saturated rings. The first kappa shape index (κ1) is 23.6. The number of nitriles is 1. The smallest absolute Gasteiger partial charge is 0.310 e. The highest BCUT2D eigenvalue weighted by Crippen LogP contribution is 2.21. The molecule has 0 saturated heterocycles. The van der Waals surface area contributed by atoms with Gasteiger partial charge in [-0.25, -0.2) is 9.37 Å². The third-order valence-corrected chi connectivity index (χ3v) is 4.18. The molecule has 1 heterocycles. The quantitative estimate of drug-likeness (QED) is 0.474. The molecule has 0 spiro atoms. The fourth-order valence-electron chi connectivity index (χ4n) is 2.71. The lowest BCUT2D eigenvalue weighted by atomic mass is 10.1. The largest absolute Gasteiger partial charge is 0.473 e. The van der Waals surface area contributed by atoms with E-state index in [4.69, 9.17) is 14.7 Å². The van der Waals surface area contributed by atoms with E-state index in [0.717, 1.165) is 11.1 Å². The second kappa shape index (κ2) is 12.1. The zero-order valence-electron chi connectivity index (χ0n) is 17.9. The molecule has 0 aliphatic carbocycles. The molecule has 0 aliphatic heterocycles. The van der Waals surface area contributed by atoms with Crippen LogP contribution in [-0.4, -0.2) is 17.6 Å². The molecule has 3 rings (SSSR count). The van der Waals surface area contributed by atoms with Crippen LogP contribution in [0.5, 0.6) is 5.88 Å². The summed E-state index contributed by atoms with van der Waals surface area (Å²) in [6.45, 7) is 6.14. The van der Waals surface area contributed by atoms with Crippen LogP contribution in [0.25, 0.3) is 11.3 Å². The van der Waals surface area contributed by atoms with E-state index in [1.807, 2.05) is 50.2 Å². The van der Waals surface area contributed by atoms with Crippen molar-refractivity contribution >= 4 is 5.97 Å². The zero-order chi connectivity index (χ0) is 22.6. The maximum absolute atomic E-state index is 14.0. The van der Waals surface area contributed by atoms with Gasteiger partial charge in [0, 0.05) is 17.2 Å². The van der Waals surface area contributed by atoms with Gasteiger partial charge >= 0.3 is 5.97 Å². The average molecular weight is 420 g/mol. The Morgan fingerprint density at radius 3 is 2.48 bits per heavy atom. The van der Waals surface area contributed by atoms with Crippen molar-refractivity contribution < 1.29 is 18.7 Å². The molecule has 0 aliphatic rings. The van der Waals surface area contributed by atoms with Gasteiger partial charge in [0.2, 0.25) is 5.88 Å². The monoisotopic (exact) mass is 420 g/mol. The molecule has 0 saturated carbocycles. The van der Waals surface area contributed by atoms with Crippen LogP contribution in [0.3, 0.4) is 0 Å². The van der Waals surface area contributed by atoms with Gasteiger partial charge in [0.25, 0.3) is 0 Å². The second-order valence-electron chi connectivity index (χ2n) is 6.25. The van der Waals surface area contributed by atoms with Crippen molar-refractivity contribution in [3.05, 3.63) is 83.2 Å². The molecule has 0 radical (unpaired) electrons. The van der Waals surface area contributed by atoms with Crippen LogP contribution in [0.1, 0.15) is 37.5 Å². The van der Waals surface area contributed by atoms with Crippen LogP contribution in [0, 0.1) is 17.1 Å². The number of benzene rings is 2. The van der Waals surface area contributed by atoms with Crippen LogP contribution in [-0.2, 0) is 22.6 Å². The number of hydrogen-bond donors (Lipinski definition) is 0. The summed E-state index contributed by atoms with van der Waals surface area (Å²) in [4.78, 5) is 16.0. The van der Waals surface area contributed by atoms with E-state index in [9.17, 15) is 9.18 Å². The Labute approximate surface area is 182 Å². The van der Waals surface area contributed by atoms with E-state index >= 15 is 0 Å². The molecule has 0 unspecified atom stereocenters. The van der Waals surface area contributed by atoms with Crippen molar-refractivity contribution in [3.63, 3.8) is 0 Å². The van der Waals surface area contributed by atoms with Gasteiger partial charge in [-0.2, -0.15) is 5.26 Å². The highest BCUT2D eigenvalue weighted by atomic mass is 19.1. The van der Waals surface area contributed by atoms with Crippen LogP contribution in [0.2, 0.25) is 0 Å². The number of carbonyl (C=O) groups is 1.